The fourth-order valence-corrected chi connectivity index (χ4v) is 2.28. The lowest BCUT2D eigenvalue weighted by molar-refractivity contribution is -0.376. The summed E-state index contributed by atoms with van der Waals surface area (Å²) in [7, 11) is 0. The van der Waals surface area contributed by atoms with Crippen molar-refractivity contribution in [3.05, 3.63) is 29.8 Å². The van der Waals surface area contributed by atoms with E-state index in [0.29, 0.717) is 12.1 Å². The Morgan fingerprint density at radius 3 is 1.80 bits per heavy atom. The molecule has 5 nitrogen and oxygen atoms in total. The van der Waals surface area contributed by atoms with Crippen LogP contribution in [-0.2, 0) is 15.2 Å². The molecule has 1 aromatic rings. The average Bonchev–Trinajstić information content (AvgIpc) is 3.25. The molecule has 2 atom stereocenters. The summed E-state index contributed by atoms with van der Waals surface area (Å²) < 4.78 is 76.4. The second kappa shape index (κ2) is 5.90. The van der Waals surface area contributed by atoms with Gasteiger partial charge in [0.15, 0.2) is 0 Å². The normalized spacial score (nSPS) is 20.9. The Morgan fingerprint density at radius 1 is 0.960 bits per heavy atom. The number of carbonyl (C=O) groups excluding carboxylic acids is 1. The highest BCUT2D eigenvalue weighted by atomic mass is 19.4. The molecule has 1 aliphatic rings. The summed E-state index contributed by atoms with van der Waals surface area (Å²) in [6.07, 6.45) is -11.9. The second-order valence-electron chi connectivity index (χ2n) is 5.56. The summed E-state index contributed by atoms with van der Waals surface area (Å²) in [5.41, 5.74) is -6.63. The van der Waals surface area contributed by atoms with Crippen molar-refractivity contribution < 1.29 is 46.1 Å². The molecule has 11 heteroatoms. The molecule has 0 radical (unpaired) electrons. The first-order chi connectivity index (χ1) is 11.3. The maximum Gasteiger partial charge on any atom is 0.430 e. The van der Waals surface area contributed by atoms with Crippen LogP contribution in [0, 0.1) is 11.8 Å². The van der Waals surface area contributed by atoms with Crippen LogP contribution in [0.15, 0.2) is 24.3 Å². The molecule has 1 fully saturated rings. The Kier molecular flexibility index (Phi) is 4.49. The van der Waals surface area contributed by atoms with Gasteiger partial charge in [0.05, 0.1) is 11.8 Å². The summed E-state index contributed by atoms with van der Waals surface area (Å²) >= 11 is 0. The van der Waals surface area contributed by atoms with Crippen LogP contribution in [0.25, 0.3) is 0 Å². The Bertz CT molecular complexity index is 668. The Balaban J connectivity index is 2.19. The lowest BCUT2D eigenvalue weighted by atomic mass is 9.92. The predicted molar refractivity (Wildman–Crippen MR) is 70.3 cm³/mol. The Hall–Kier alpha value is -2.30. The Labute approximate surface area is 136 Å². The van der Waals surface area contributed by atoms with Gasteiger partial charge >= 0.3 is 18.3 Å². The van der Waals surface area contributed by atoms with Crippen molar-refractivity contribution in [1.29, 1.82) is 0 Å². The predicted octanol–water partition coefficient (Wildman–Crippen LogP) is 2.66. The van der Waals surface area contributed by atoms with Crippen molar-refractivity contribution in [2.75, 3.05) is 5.32 Å². The van der Waals surface area contributed by atoms with E-state index in [1.54, 1.807) is 0 Å². The minimum absolute atomic E-state index is 0.0984. The van der Waals surface area contributed by atoms with Crippen molar-refractivity contribution in [2.45, 2.75) is 24.4 Å². The van der Waals surface area contributed by atoms with Crippen LogP contribution in [-0.4, -0.2) is 34.4 Å². The third kappa shape index (κ3) is 3.41. The topological polar surface area (TPSA) is 86.6 Å². The molecule has 0 saturated heterocycles. The van der Waals surface area contributed by atoms with E-state index >= 15 is 0 Å². The number of halogens is 6. The van der Waals surface area contributed by atoms with Crippen LogP contribution in [0.5, 0.6) is 0 Å². The third-order valence-electron chi connectivity index (χ3n) is 3.84. The SMILES string of the molecule is O=C(O)[C@H]1C[C@H]1C(=O)Nc1ccc(C(O)(C(F)(F)F)C(F)(F)F)cc1. The largest absolute Gasteiger partial charge is 0.481 e. The summed E-state index contributed by atoms with van der Waals surface area (Å²) in [6, 6.07) is 2.29. The van der Waals surface area contributed by atoms with Gasteiger partial charge in [0.2, 0.25) is 5.91 Å². The van der Waals surface area contributed by atoms with Crippen LogP contribution >= 0.6 is 0 Å². The summed E-state index contributed by atoms with van der Waals surface area (Å²) in [4.78, 5) is 22.4. The summed E-state index contributed by atoms with van der Waals surface area (Å²) in [5, 5.41) is 20.1. The highest BCUT2D eigenvalue weighted by Crippen LogP contribution is 2.50. The molecule has 25 heavy (non-hydrogen) atoms. The van der Waals surface area contributed by atoms with Crippen molar-refractivity contribution >= 4 is 17.6 Å². The van der Waals surface area contributed by atoms with Crippen molar-refractivity contribution in [3.63, 3.8) is 0 Å². The van der Waals surface area contributed by atoms with Gasteiger partial charge in [0.1, 0.15) is 0 Å². The third-order valence-corrected chi connectivity index (χ3v) is 3.84. The number of rotatable bonds is 4. The first-order valence-corrected chi connectivity index (χ1v) is 6.79. The van der Waals surface area contributed by atoms with Crippen LogP contribution in [0.4, 0.5) is 32.0 Å². The molecule has 1 amide bonds. The number of carbonyl (C=O) groups is 2. The fourth-order valence-electron chi connectivity index (χ4n) is 2.28. The van der Waals surface area contributed by atoms with Crippen LogP contribution in [0.1, 0.15) is 12.0 Å². The molecule has 1 aromatic carbocycles. The van der Waals surface area contributed by atoms with Crippen molar-refractivity contribution in [2.24, 2.45) is 11.8 Å². The number of amides is 1. The number of aliphatic hydroxyl groups is 1. The van der Waals surface area contributed by atoms with E-state index in [1.165, 1.54) is 0 Å². The zero-order valence-corrected chi connectivity index (χ0v) is 12.1. The van der Waals surface area contributed by atoms with Gasteiger partial charge < -0.3 is 15.5 Å². The van der Waals surface area contributed by atoms with Crippen molar-refractivity contribution in [3.8, 4) is 0 Å². The average molecular weight is 371 g/mol. The van der Waals surface area contributed by atoms with E-state index in [4.69, 9.17) is 5.11 Å². The van der Waals surface area contributed by atoms with Gasteiger partial charge in [0, 0.05) is 11.3 Å². The molecule has 0 unspecified atom stereocenters. The maximum atomic E-state index is 12.7. The van der Waals surface area contributed by atoms with Crippen LogP contribution < -0.4 is 5.32 Å². The van der Waals surface area contributed by atoms with Crippen LogP contribution in [0.2, 0.25) is 0 Å². The molecule has 0 bridgehead atoms. The van der Waals surface area contributed by atoms with Gasteiger partial charge in [-0.25, -0.2) is 0 Å². The number of nitrogens with one attached hydrogen (secondary N) is 1. The zero-order valence-electron chi connectivity index (χ0n) is 12.1. The molecule has 2 rings (SSSR count). The summed E-state index contributed by atoms with van der Waals surface area (Å²) in [6.45, 7) is 0. The first-order valence-electron chi connectivity index (χ1n) is 6.79. The number of alkyl halides is 6. The molecule has 0 spiro atoms. The van der Waals surface area contributed by atoms with Gasteiger partial charge in [-0.15, -0.1) is 0 Å². The molecule has 0 aromatic heterocycles. The van der Waals surface area contributed by atoms with E-state index in [9.17, 15) is 41.0 Å². The molecule has 0 aliphatic heterocycles. The number of hydrogen-bond acceptors (Lipinski definition) is 3. The summed E-state index contributed by atoms with van der Waals surface area (Å²) in [5.74, 6) is -3.54. The molecule has 0 heterocycles. The second-order valence-corrected chi connectivity index (χ2v) is 5.56. The highest BCUT2D eigenvalue weighted by Gasteiger charge is 2.71. The van der Waals surface area contributed by atoms with E-state index in [0.717, 1.165) is 12.1 Å². The maximum absolute atomic E-state index is 12.7. The van der Waals surface area contributed by atoms with Crippen LogP contribution in [0.3, 0.4) is 0 Å². The van der Waals surface area contributed by atoms with Gasteiger partial charge in [0.25, 0.3) is 5.60 Å². The fraction of sp³-hybridized carbons (Fsp3) is 0.429. The minimum atomic E-state index is -6.00. The van der Waals surface area contributed by atoms with E-state index in [2.05, 4.69) is 5.32 Å². The quantitative estimate of drug-likeness (QED) is 0.711. The van der Waals surface area contributed by atoms with E-state index in [1.807, 2.05) is 0 Å². The zero-order chi connectivity index (χ0) is 19.2. The minimum Gasteiger partial charge on any atom is -0.481 e. The number of hydrogen-bond donors (Lipinski definition) is 3. The molecule has 1 aliphatic carbocycles. The standard InChI is InChI=1S/C14H11F6NO4/c15-13(16,17)12(25,14(18,19)20)6-1-3-7(4-2-6)21-10(22)8-5-9(8)11(23)24/h1-4,8-9,25H,5H2,(H,21,22)(H,23,24)/t8-,9+/m1/s1. The molecule has 3 N–H and O–H groups in total. The smallest absolute Gasteiger partial charge is 0.430 e. The highest BCUT2D eigenvalue weighted by molar-refractivity contribution is 5.98. The van der Waals surface area contributed by atoms with Crippen molar-refractivity contribution in [1.82, 2.24) is 0 Å². The molecule has 1 saturated carbocycles. The molecular weight excluding hydrogens is 360 g/mol. The van der Waals surface area contributed by atoms with Gasteiger partial charge in [-0.2, -0.15) is 26.3 Å². The van der Waals surface area contributed by atoms with Gasteiger partial charge in [-0.3, -0.25) is 9.59 Å². The van der Waals surface area contributed by atoms with Gasteiger partial charge in [-0.1, -0.05) is 12.1 Å². The first kappa shape index (κ1) is 19.0. The number of carboxylic acid groups (broad SMARTS) is 1. The monoisotopic (exact) mass is 371 g/mol. The number of carboxylic acids is 1. The Morgan fingerprint density at radius 2 is 1.44 bits per heavy atom. The van der Waals surface area contributed by atoms with Gasteiger partial charge in [-0.05, 0) is 18.6 Å². The molecule has 138 valence electrons. The lowest BCUT2D eigenvalue weighted by Crippen LogP contribution is -2.53. The molecular formula is C14H11F6NO4. The number of benzene rings is 1. The number of anilines is 1. The number of aliphatic carboxylic acids is 1. The van der Waals surface area contributed by atoms with E-state index in [-0.39, 0.29) is 12.1 Å². The van der Waals surface area contributed by atoms with E-state index < -0.39 is 47.2 Å². The lowest BCUT2D eigenvalue weighted by Gasteiger charge is -2.32.